The fourth-order valence-corrected chi connectivity index (χ4v) is 3.10. The van der Waals surface area contributed by atoms with Gasteiger partial charge in [0, 0.05) is 25.8 Å². The number of benzene rings is 1. The Morgan fingerprint density at radius 2 is 2.00 bits per heavy atom. The number of anilines is 1. The topological polar surface area (TPSA) is 15.3 Å². The van der Waals surface area contributed by atoms with Gasteiger partial charge in [-0.25, -0.2) is 0 Å². The predicted molar refractivity (Wildman–Crippen MR) is 90.1 cm³/mol. The van der Waals surface area contributed by atoms with Crippen molar-refractivity contribution < 1.29 is 0 Å². The highest BCUT2D eigenvalue weighted by Crippen LogP contribution is 2.19. The second-order valence-electron chi connectivity index (χ2n) is 5.34. The standard InChI is InChI=1S/C17H24N2S/c1-14-4-5-17(15(2)12-14)19(3)10-9-18-8-6-16-7-11-20-13-16/h4-5,7,11-13,18H,6,8-10H2,1-3H3. The summed E-state index contributed by atoms with van der Waals surface area (Å²) in [6, 6.07) is 8.85. The van der Waals surface area contributed by atoms with Crippen molar-refractivity contribution in [1.82, 2.24) is 5.32 Å². The van der Waals surface area contributed by atoms with Gasteiger partial charge >= 0.3 is 0 Å². The first kappa shape index (κ1) is 15.1. The van der Waals surface area contributed by atoms with Crippen LogP contribution in [0, 0.1) is 13.8 Å². The zero-order valence-corrected chi connectivity index (χ0v) is 13.5. The number of rotatable bonds is 7. The fraction of sp³-hybridized carbons (Fsp3) is 0.412. The van der Waals surface area contributed by atoms with Gasteiger partial charge in [0.1, 0.15) is 0 Å². The van der Waals surface area contributed by atoms with E-state index in [0.29, 0.717) is 0 Å². The van der Waals surface area contributed by atoms with Crippen molar-refractivity contribution in [3.63, 3.8) is 0 Å². The molecule has 0 fully saturated rings. The van der Waals surface area contributed by atoms with Crippen molar-refractivity contribution in [2.45, 2.75) is 20.3 Å². The summed E-state index contributed by atoms with van der Waals surface area (Å²) < 4.78 is 0. The number of hydrogen-bond acceptors (Lipinski definition) is 3. The number of likely N-dealkylation sites (N-methyl/N-ethyl adjacent to an activating group) is 1. The van der Waals surface area contributed by atoms with Crippen molar-refractivity contribution >= 4 is 17.0 Å². The highest BCUT2D eigenvalue weighted by atomic mass is 32.1. The summed E-state index contributed by atoms with van der Waals surface area (Å²) in [6.45, 7) is 7.44. The Bertz CT molecular complexity index is 520. The molecular weight excluding hydrogens is 264 g/mol. The molecule has 1 heterocycles. The van der Waals surface area contributed by atoms with Gasteiger partial charge < -0.3 is 10.2 Å². The molecular formula is C17H24N2S. The number of nitrogens with zero attached hydrogens (tertiary/aromatic N) is 1. The normalized spacial score (nSPS) is 10.8. The van der Waals surface area contributed by atoms with Gasteiger partial charge in [-0.15, -0.1) is 0 Å². The number of aryl methyl sites for hydroxylation is 2. The van der Waals surface area contributed by atoms with Crippen molar-refractivity contribution in [2.75, 3.05) is 31.6 Å². The van der Waals surface area contributed by atoms with E-state index in [9.17, 15) is 0 Å². The van der Waals surface area contributed by atoms with Crippen LogP contribution >= 0.6 is 11.3 Å². The average Bonchev–Trinajstić information content (AvgIpc) is 2.91. The Balaban J connectivity index is 1.70. The molecule has 0 aliphatic rings. The van der Waals surface area contributed by atoms with Gasteiger partial charge in [0.15, 0.2) is 0 Å². The summed E-state index contributed by atoms with van der Waals surface area (Å²) in [5.41, 5.74) is 5.44. The molecule has 1 aromatic heterocycles. The Morgan fingerprint density at radius 3 is 2.70 bits per heavy atom. The molecule has 0 saturated heterocycles. The molecule has 0 saturated carbocycles. The third-order valence-corrected chi connectivity index (χ3v) is 4.29. The molecule has 0 spiro atoms. The van der Waals surface area contributed by atoms with E-state index in [4.69, 9.17) is 0 Å². The van der Waals surface area contributed by atoms with E-state index in [1.165, 1.54) is 22.4 Å². The number of hydrogen-bond donors (Lipinski definition) is 1. The molecule has 0 aliphatic carbocycles. The van der Waals surface area contributed by atoms with E-state index < -0.39 is 0 Å². The van der Waals surface area contributed by atoms with E-state index in [-0.39, 0.29) is 0 Å². The summed E-state index contributed by atoms with van der Waals surface area (Å²) in [5, 5.41) is 7.89. The average molecular weight is 288 g/mol. The molecule has 0 unspecified atom stereocenters. The van der Waals surface area contributed by atoms with Crippen LogP contribution in [-0.4, -0.2) is 26.7 Å². The largest absolute Gasteiger partial charge is 0.373 e. The lowest BCUT2D eigenvalue weighted by molar-refractivity contribution is 0.675. The number of nitrogens with one attached hydrogen (secondary N) is 1. The van der Waals surface area contributed by atoms with Gasteiger partial charge in [-0.2, -0.15) is 11.3 Å². The van der Waals surface area contributed by atoms with Crippen LogP contribution in [0.5, 0.6) is 0 Å². The minimum Gasteiger partial charge on any atom is -0.373 e. The molecule has 3 heteroatoms. The highest BCUT2D eigenvalue weighted by Gasteiger charge is 2.04. The van der Waals surface area contributed by atoms with Crippen molar-refractivity contribution in [3.8, 4) is 0 Å². The van der Waals surface area contributed by atoms with E-state index in [1.807, 2.05) is 0 Å². The molecule has 0 atom stereocenters. The van der Waals surface area contributed by atoms with E-state index >= 15 is 0 Å². The van der Waals surface area contributed by atoms with E-state index in [1.54, 1.807) is 11.3 Å². The second-order valence-corrected chi connectivity index (χ2v) is 6.12. The summed E-state index contributed by atoms with van der Waals surface area (Å²) in [5.74, 6) is 0. The van der Waals surface area contributed by atoms with Crippen LogP contribution in [0.15, 0.2) is 35.0 Å². The molecule has 1 aromatic carbocycles. The van der Waals surface area contributed by atoms with Gasteiger partial charge in [0.25, 0.3) is 0 Å². The van der Waals surface area contributed by atoms with Crippen LogP contribution in [0.3, 0.4) is 0 Å². The van der Waals surface area contributed by atoms with Crippen LogP contribution in [0.1, 0.15) is 16.7 Å². The van der Waals surface area contributed by atoms with Crippen LogP contribution in [0.25, 0.3) is 0 Å². The maximum atomic E-state index is 3.52. The molecule has 108 valence electrons. The van der Waals surface area contributed by atoms with Crippen molar-refractivity contribution in [1.29, 1.82) is 0 Å². The van der Waals surface area contributed by atoms with Gasteiger partial charge in [-0.05, 0) is 60.8 Å². The van der Waals surface area contributed by atoms with Gasteiger partial charge in [0.05, 0.1) is 0 Å². The first-order valence-corrected chi connectivity index (χ1v) is 8.11. The zero-order valence-electron chi connectivity index (χ0n) is 12.6. The minimum atomic E-state index is 1.02. The predicted octanol–water partition coefficient (Wildman–Crippen LogP) is 3.63. The summed E-state index contributed by atoms with van der Waals surface area (Å²) in [6.07, 6.45) is 1.12. The van der Waals surface area contributed by atoms with Gasteiger partial charge in [-0.3, -0.25) is 0 Å². The molecule has 0 amide bonds. The molecule has 2 aromatic rings. The molecule has 0 bridgehead atoms. The van der Waals surface area contributed by atoms with Crippen LogP contribution < -0.4 is 10.2 Å². The second kappa shape index (κ2) is 7.46. The third-order valence-electron chi connectivity index (χ3n) is 3.56. The summed E-state index contributed by atoms with van der Waals surface area (Å²) in [4.78, 5) is 2.33. The third kappa shape index (κ3) is 4.36. The minimum absolute atomic E-state index is 1.02. The lowest BCUT2D eigenvalue weighted by Crippen LogP contribution is -2.30. The monoisotopic (exact) mass is 288 g/mol. The number of thiophene rings is 1. The molecule has 0 radical (unpaired) electrons. The smallest absolute Gasteiger partial charge is 0.0393 e. The molecule has 2 rings (SSSR count). The fourth-order valence-electron chi connectivity index (χ4n) is 2.39. The molecule has 0 aliphatic heterocycles. The maximum Gasteiger partial charge on any atom is 0.0393 e. The lowest BCUT2D eigenvalue weighted by atomic mass is 10.1. The highest BCUT2D eigenvalue weighted by molar-refractivity contribution is 7.07. The van der Waals surface area contributed by atoms with Crippen LogP contribution in [0.2, 0.25) is 0 Å². The maximum absolute atomic E-state index is 3.52. The van der Waals surface area contributed by atoms with Crippen molar-refractivity contribution in [3.05, 3.63) is 51.7 Å². The van der Waals surface area contributed by atoms with E-state index in [0.717, 1.165) is 26.1 Å². The zero-order chi connectivity index (χ0) is 14.4. The Hall–Kier alpha value is -1.32. The Labute approximate surface area is 126 Å². The van der Waals surface area contributed by atoms with Crippen LogP contribution in [0.4, 0.5) is 5.69 Å². The SMILES string of the molecule is Cc1ccc(N(C)CCNCCc2ccsc2)c(C)c1. The molecule has 1 N–H and O–H groups in total. The summed E-state index contributed by atoms with van der Waals surface area (Å²) >= 11 is 1.77. The van der Waals surface area contributed by atoms with Crippen molar-refractivity contribution in [2.24, 2.45) is 0 Å². The van der Waals surface area contributed by atoms with Crippen LogP contribution in [-0.2, 0) is 6.42 Å². The van der Waals surface area contributed by atoms with Gasteiger partial charge in [0.2, 0.25) is 0 Å². The Morgan fingerprint density at radius 1 is 1.15 bits per heavy atom. The molecule has 20 heavy (non-hydrogen) atoms. The quantitative estimate of drug-likeness (QED) is 0.783. The first-order chi connectivity index (χ1) is 9.66. The molecule has 2 nitrogen and oxygen atoms in total. The first-order valence-electron chi connectivity index (χ1n) is 7.17. The summed E-state index contributed by atoms with van der Waals surface area (Å²) in [7, 11) is 2.16. The van der Waals surface area contributed by atoms with Gasteiger partial charge in [-0.1, -0.05) is 17.7 Å². The Kier molecular flexibility index (Phi) is 5.62. The van der Waals surface area contributed by atoms with E-state index in [2.05, 4.69) is 66.1 Å². The lowest BCUT2D eigenvalue weighted by Gasteiger charge is -2.22.